The van der Waals surface area contributed by atoms with E-state index in [9.17, 15) is 14.4 Å². The summed E-state index contributed by atoms with van der Waals surface area (Å²) in [6.45, 7) is 0. The van der Waals surface area contributed by atoms with E-state index in [1.807, 2.05) is 0 Å². The first-order valence-corrected chi connectivity index (χ1v) is 5.47. The van der Waals surface area contributed by atoms with E-state index in [-0.39, 0.29) is 12.8 Å². The number of Topliss-reactive ketones (excluding diaryl/α,β-unsaturated/α-hetero) is 1. The lowest BCUT2D eigenvalue weighted by Crippen LogP contribution is -1.97. The van der Waals surface area contributed by atoms with E-state index in [4.69, 9.17) is 10.2 Å². The Morgan fingerprint density at radius 3 is 1.50 bits per heavy atom. The second kappa shape index (κ2) is 8.88. The van der Waals surface area contributed by atoms with Gasteiger partial charge in [-0.15, -0.1) is 0 Å². The molecule has 0 aromatic rings. The quantitative estimate of drug-likeness (QED) is 0.703. The van der Waals surface area contributed by atoms with Gasteiger partial charge in [-0.2, -0.15) is 0 Å². The Hall–Kier alpha value is -1.39. The van der Waals surface area contributed by atoms with Crippen LogP contribution >= 0.6 is 0 Å². The summed E-state index contributed by atoms with van der Waals surface area (Å²) < 4.78 is 0. The zero-order chi connectivity index (χ0) is 12.4. The fourth-order valence-electron chi connectivity index (χ4n) is 1.32. The fourth-order valence-corrected chi connectivity index (χ4v) is 1.32. The molecule has 1 saturated carbocycles. The first-order valence-electron chi connectivity index (χ1n) is 5.47. The Morgan fingerprint density at radius 1 is 0.938 bits per heavy atom. The van der Waals surface area contributed by atoms with Crippen LogP contribution in [0, 0.1) is 0 Å². The molecule has 5 nitrogen and oxygen atoms in total. The summed E-state index contributed by atoms with van der Waals surface area (Å²) >= 11 is 0. The SMILES string of the molecule is O=C(O)CCCCC(=O)O.O=C1CCCC1. The summed E-state index contributed by atoms with van der Waals surface area (Å²) in [7, 11) is 0. The van der Waals surface area contributed by atoms with Crippen LogP contribution in [0.5, 0.6) is 0 Å². The number of aliphatic carboxylic acids is 2. The maximum absolute atomic E-state index is 10.2. The number of ketones is 1. The highest BCUT2D eigenvalue weighted by atomic mass is 16.4. The fraction of sp³-hybridized carbons (Fsp3) is 0.727. The van der Waals surface area contributed by atoms with Crippen LogP contribution in [-0.4, -0.2) is 27.9 Å². The topological polar surface area (TPSA) is 91.7 Å². The van der Waals surface area contributed by atoms with Gasteiger partial charge in [0.1, 0.15) is 5.78 Å². The third-order valence-electron chi connectivity index (χ3n) is 2.19. The largest absolute Gasteiger partial charge is 0.481 e. The molecular weight excluding hydrogens is 212 g/mol. The smallest absolute Gasteiger partial charge is 0.303 e. The Bertz CT molecular complexity index is 223. The Kier molecular flexibility index (Phi) is 8.11. The van der Waals surface area contributed by atoms with Crippen molar-refractivity contribution < 1.29 is 24.6 Å². The van der Waals surface area contributed by atoms with Gasteiger partial charge < -0.3 is 10.2 Å². The van der Waals surface area contributed by atoms with Gasteiger partial charge in [0.25, 0.3) is 0 Å². The predicted octanol–water partition coefficient (Wildman–Crippen LogP) is 1.85. The highest BCUT2D eigenvalue weighted by Gasteiger charge is 2.07. The number of unbranched alkanes of at least 4 members (excludes halogenated alkanes) is 1. The molecule has 5 heteroatoms. The molecule has 0 unspecified atom stereocenters. The van der Waals surface area contributed by atoms with Crippen molar-refractivity contribution in [2.45, 2.75) is 51.4 Å². The first-order chi connectivity index (χ1) is 7.52. The van der Waals surface area contributed by atoms with Gasteiger partial charge in [-0.25, -0.2) is 0 Å². The predicted molar refractivity (Wildman–Crippen MR) is 57.2 cm³/mol. The van der Waals surface area contributed by atoms with E-state index < -0.39 is 11.9 Å². The Balaban J connectivity index is 0.000000315. The summed E-state index contributed by atoms with van der Waals surface area (Å²) in [4.78, 5) is 30.0. The minimum Gasteiger partial charge on any atom is -0.481 e. The normalized spacial score (nSPS) is 14.1. The second-order valence-electron chi connectivity index (χ2n) is 3.74. The van der Waals surface area contributed by atoms with Gasteiger partial charge in [-0.3, -0.25) is 14.4 Å². The second-order valence-corrected chi connectivity index (χ2v) is 3.74. The molecule has 0 aromatic carbocycles. The average Bonchev–Trinajstić information content (AvgIpc) is 2.64. The van der Waals surface area contributed by atoms with Crippen LogP contribution in [0.1, 0.15) is 51.4 Å². The van der Waals surface area contributed by atoms with E-state index in [0.29, 0.717) is 18.6 Å². The van der Waals surface area contributed by atoms with E-state index in [2.05, 4.69) is 0 Å². The number of carboxylic acids is 2. The van der Waals surface area contributed by atoms with Crippen LogP contribution < -0.4 is 0 Å². The molecule has 1 fully saturated rings. The summed E-state index contributed by atoms with van der Waals surface area (Å²) in [5.74, 6) is -1.29. The van der Waals surface area contributed by atoms with E-state index in [0.717, 1.165) is 25.7 Å². The Labute approximate surface area is 94.5 Å². The van der Waals surface area contributed by atoms with Crippen LogP contribution in [0.3, 0.4) is 0 Å². The molecule has 1 aliphatic rings. The zero-order valence-corrected chi connectivity index (χ0v) is 9.28. The highest BCUT2D eigenvalue weighted by Crippen LogP contribution is 2.11. The van der Waals surface area contributed by atoms with Gasteiger partial charge in [0.15, 0.2) is 0 Å². The minimum absolute atomic E-state index is 0.0628. The van der Waals surface area contributed by atoms with Crippen LogP contribution in [0.4, 0.5) is 0 Å². The number of carbonyl (C=O) groups is 3. The maximum atomic E-state index is 10.2. The van der Waals surface area contributed by atoms with Crippen molar-refractivity contribution in [1.82, 2.24) is 0 Å². The molecule has 1 rings (SSSR count). The molecule has 0 spiro atoms. The van der Waals surface area contributed by atoms with E-state index >= 15 is 0 Å². The van der Waals surface area contributed by atoms with Crippen molar-refractivity contribution in [2.75, 3.05) is 0 Å². The summed E-state index contributed by atoms with van der Waals surface area (Å²) in [5, 5.41) is 16.3. The van der Waals surface area contributed by atoms with Crippen LogP contribution in [-0.2, 0) is 14.4 Å². The highest BCUT2D eigenvalue weighted by molar-refractivity contribution is 5.80. The molecule has 0 amide bonds. The van der Waals surface area contributed by atoms with Gasteiger partial charge in [-0.05, 0) is 25.7 Å². The van der Waals surface area contributed by atoms with E-state index in [1.165, 1.54) is 0 Å². The first kappa shape index (κ1) is 14.6. The van der Waals surface area contributed by atoms with Crippen molar-refractivity contribution in [2.24, 2.45) is 0 Å². The average molecular weight is 230 g/mol. The summed E-state index contributed by atoms with van der Waals surface area (Å²) in [6, 6.07) is 0. The van der Waals surface area contributed by atoms with Crippen molar-refractivity contribution in [3.05, 3.63) is 0 Å². The van der Waals surface area contributed by atoms with Crippen molar-refractivity contribution in [3.63, 3.8) is 0 Å². The van der Waals surface area contributed by atoms with Gasteiger partial charge in [0, 0.05) is 25.7 Å². The number of hydrogen-bond acceptors (Lipinski definition) is 3. The van der Waals surface area contributed by atoms with Crippen LogP contribution in [0.25, 0.3) is 0 Å². The van der Waals surface area contributed by atoms with Crippen molar-refractivity contribution in [1.29, 1.82) is 0 Å². The molecule has 1 aliphatic carbocycles. The third kappa shape index (κ3) is 10.7. The molecule has 0 aliphatic heterocycles. The van der Waals surface area contributed by atoms with Gasteiger partial charge in [0.2, 0.25) is 0 Å². The monoisotopic (exact) mass is 230 g/mol. The standard InChI is InChI=1S/C6H10O4.C5H8O/c7-5(8)3-1-2-4-6(9)10;6-5-3-1-2-4-5/h1-4H2,(H,7,8)(H,9,10);1-4H2. The van der Waals surface area contributed by atoms with Gasteiger partial charge in [-0.1, -0.05) is 0 Å². The minimum atomic E-state index is -0.870. The number of hydrogen-bond donors (Lipinski definition) is 2. The lowest BCUT2D eigenvalue weighted by Gasteiger charge is -1.92. The molecule has 0 saturated heterocycles. The van der Waals surface area contributed by atoms with Gasteiger partial charge in [0.05, 0.1) is 0 Å². The lowest BCUT2D eigenvalue weighted by molar-refractivity contribution is -0.139. The van der Waals surface area contributed by atoms with Crippen molar-refractivity contribution in [3.8, 4) is 0 Å². The zero-order valence-electron chi connectivity index (χ0n) is 9.28. The molecule has 0 bridgehead atoms. The van der Waals surface area contributed by atoms with Crippen LogP contribution in [0.15, 0.2) is 0 Å². The van der Waals surface area contributed by atoms with Gasteiger partial charge >= 0.3 is 11.9 Å². The summed E-state index contributed by atoms with van der Waals surface area (Å²) in [6.07, 6.45) is 4.99. The molecule has 0 aromatic heterocycles. The molecule has 0 heterocycles. The van der Waals surface area contributed by atoms with Crippen LogP contribution in [0.2, 0.25) is 0 Å². The maximum Gasteiger partial charge on any atom is 0.303 e. The Morgan fingerprint density at radius 2 is 1.31 bits per heavy atom. The summed E-state index contributed by atoms with van der Waals surface area (Å²) in [5.41, 5.74) is 0. The number of carbonyl (C=O) groups excluding carboxylic acids is 1. The molecule has 0 atom stereocenters. The number of carboxylic acid groups (broad SMARTS) is 2. The lowest BCUT2D eigenvalue weighted by atomic mass is 10.2. The molecule has 2 N–H and O–H groups in total. The van der Waals surface area contributed by atoms with E-state index in [1.54, 1.807) is 0 Å². The molecule has 92 valence electrons. The number of rotatable bonds is 5. The molecule has 16 heavy (non-hydrogen) atoms. The molecule has 0 radical (unpaired) electrons. The molecular formula is C11H18O5. The van der Waals surface area contributed by atoms with Crippen molar-refractivity contribution >= 4 is 17.7 Å². The third-order valence-corrected chi connectivity index (χ3v) is 2.19.